The number of rotatable bonds is 5. The quantitative estimate of drug-likeness (QED) is 0.408. The van der Waals surface area contributed by atoms with Crippen LogP contribution in [0.25, 0.3) is 0 Å². The number of hydrogen-bond acceptors (Lipinski definition) is 10. The third kappa shape index (κ3) is 3.54. The van der Waals surface area contributed by atoms with Gasteiger partial charge in [-0.1, -0.05) is 0 Å². The molecule has 0 unspecified atom stereocenters. The summed E-state index contributed by atoms with van der Waals surface area (Å²) in [5.74, 6) is -0.569. The van der Waals surface area contributed by atoms with Gasteiger partial charge in [0.05, 0.1) is 13.2 Å². The van der Waals surface area contributed by atoms with Crippen molar-refractivity contribution < 1.29 is 34.7 Å². The minimum atomic E-state index is -1.48. The number of nitrogens with one attached hydrogen (secondary N) is 1. The largest absolute Gasteiger partial charge is 0.461 e. The molecule has 1 fully saturated rings. The number of nitrogens with zero attached hydrogens (tertiary/aromatic N) is 1. The second-order valence-corrected chi connectivity index (χ2v) is 5.51. The summed E-state index contributed by atoms with van der Waals surface area (Å²) < 4.78 is 10.1. The van der Waals surface area contributed by atoms with E-state index in [0.29, 0.717) is 0 Å². The first kappa shape index (κ1) is 17.1. The van der Waals surface area contributed by atoms with Crippen LogP contribution in [0, 0.1) is 0 Å². The first-order valence-electron chi connectivity index (χ1n) is 6.67. The SMILES string of the molecule is CCOC(=O)c1csc(N[C@@H]2O[C@H](CO)[C@@H](O)[C@H](O)[C@H]2O)n1. The number of carbonyl (C=O) groups is 1. The van der Waals surface area contributed by atoms with Crippen molar-refractivity contribution in [2.75, 3.05) is 18.5 Å². The first-order chi connectivity index (χ1) is 10.5. The van der Waals surface area contributed by atoms with Gasteiger partial charge in [0, 0.05) is 5.38 Å². The van der Waals surface area contributed by atoms with Crippen molar-refractivity contribution in [3.8, 4) is 0 Å². The Balaban J connectivity index is 2.05. The van der Waals surface area contributed by atoms with Crippen molar-refractivity contribution in [2.45, 2.75) is 37.6 Å². The van der Waals surface area contributed by atoms with Crippen LogP contribution < -0.4 is 5.32 Å². The van der Waals surface area contributed by atoms with Crippen LogP contribution in [0.5, 0.6) is 0 Å². The molecule has 2 rings (SSSR count). The zero-order valence-electron chi connectivity index (χ0n) is 11.7. The molecule has 0 radical (unpaired) electrons. The summed E-state index contributed by atoms with van der Waals surface area (Å²) in [7, 11) is 0. The van der Waals surface area contributed by atoms with Crippen molar-refractivity contribution in [3.63, 3.8) is 0 Å². The summed E-state index contributed by atoms with van der Waals surface area (Å²) in [4.78, 5) is 15.5. The van der Waals surface area contributed by atoms with Gasteiger partial charge in [0.25, 0.3) is 0 Å². The molecule has 1 aromatic heterocycles. The van der Waals surface area contributed by atoms with E-state index in [9.17, 15) is 20.1 Å². The summed E-state index contributed by atoms with van der Waals surface area (Å²) in [6, 6.07) is 0. The molecule has 2 heterocycles. The molecule has 22 heavy (non-hydrogen) atoms. The number of carbonyl (C=O) groups excluding carboxylic acids is 1. The maximum Gasteiger partial charge on any atom is 0.357 e. The van der Waals surface area contributed by atoms with Gasteiger partial charge >= 0.3 is 5.97 Å². The summed E-state index contributed by atoms with van der Waals surface area (Å²) in [6.45, 7) is 1.39. The fraction of sp³-hybridized carbons (Fsp3) is 0.667. The highest BCUT2D eigenvalue weighted by molar-refractivity contribution is 7.13. The zero-order chi connectivity index (χ0) is 16.3. The van der Waals surface area contributed by atoms with Crippen LogP contribution in [0.4, 0.5) is 5.13 Å². The molecule has 1 aliphatic heterocycles. The number of anilines is 1. The van der Waals surface area contributed by atoms with Gasteiger partial charge in [0.2, 0.25) is 0 Å². The summed E-state index contributed by atoms with van der Waals surface area (Å²) in [5, 5.41) is 42.8. The number of esters is 1. The molecular formula is C12H18N2O7S. The van der Waals surface area contributed by atoms with Gasteiger partial charge in [-0.3, -0.25) is 0 Å². The van der Waals surface area contributed by atoms with Gasteiger partial charge in [-0.25, -0.2) is 9.78 Å². The summed E-state index contributed by atoms with van der Waals surface area (Å²) in [5.41, 5.74) is 0.110. The minimum Gasteiger partial charge on any atom is -0.461 e. The van der Waals surface area contributed by atoms with Gasteiger partial charge < -0.3 is 35.2 Å². The summed E-state index contributed by atoms with van der Waals surface area (Å²) in [6.07, 6.45) is -6.43. The average molecular weight is 334 g/mol. The second-order valence-electron chi connectivity index (χ2n) is 4.65. The van der Waals surface area contributed by atoms with Crippen LogP contribution >= 0.6 is 11.3 Å². The van der Waals surface area contributed by atoms with E-state index in [1.165, 1.54) is 5.38 Å². The molecule has 0 bridgehead atoms. The predicted octanol–water partition coefficient (Wildman–Crippen LogP) is -1.47. The summed E-state index contributed by atoms with van der Waals surface area (Å²) >= 11 is 1.09. The molecule has 5 N–H and O–H groups in total. The lowest BCUT2D eigenvalue weighted by atomic mass is 9.98. The van der Waals surface area contributed by atoms with Crippen molar-refractivity contribution >= 4 is 22.4 Å². The Morgan fingerprint density at radius 2 is 2.14 bits per heavy atom. The standard InChI is InChI=1S/C12H18N2O7S/c1-2-20-11(19)5-4-22-12(13-5)14-10-9(18)8(17)7(16)6(3-15)21-10/h4,6-10,15-18H,2-3H2,1H3,(H,13,14)/t6-,7-,8+,9-,10-/m1/s1. The van der Waals surface area contributed by atoms with E-state index in [2.05, 4.69) is 10.3 Å². The fourth-order valence-electron chi connectivity index (χ4n) is 1.98. The Morgan fingerprint density at radius 3 is 2.77 bits per heavy atom. The van der Waals surface area contributed by atoms with Crippen LogP contribution in [0.2, 0.25) is 0 Å². The average Bonchev–Trinajstić information content (AvgIpc) is 2.97. The van der Waals surface area contributed by atoms with E-state index in [4.69, 9.17) is 14.6 Å². The monoisotopic (exact) mass is 334 g/mol. The first-order valence-corrected chi connectivity index (χ1v) is 7.55. The molecule has 1 saturated heterocycles. The van der Waals surface area contributed by atoms with Crippen molar-refractivity contribution in [3.05, 3.63) is 11.1 Å². The number of thiazole rings is 1. The molecule has 5 atom stereocenters. The number of aliphatic hydroxyl groups excluding tert-OH is 4. The number of aliphatic hydroxyl groups is 4. The highest BCUT2D eigenvalue weighted by Gasteiger charge is 2.43. The third-order valence-corrected chi connectivity index (χ3v) is 3.92. The third-order valence-electron chi connectivity index (χ3n) is 3.15. The Bertz CT molecular complexity index is 509. The van der Waals surface area contributed by atoms with Crippen LogP contribution in [0.3, 0.4) is 0 Å². The Kier molecular flexibility index (Phi) is 5.67. The maximum absolute atomic E-state index is 11.5. The second kappa shape index (κ2) is 7.31. The Morgan fingerprint density at radius 1 is 1.41 bits per heavy atom. The highest BCUT2D eigenvalue weighted by atomic mass is 32.1. The molecule has 0 spiro atoms. The van der Waals surface area contributed by atoms with E-state index in [1.807, 2.05) is 0 Å². The molecule has 124 valence electrons. The van der Waals surface area contributed by atoms with Crippen LogP contribution in [0.15, 0.2) is 5.38 Å². The minimum absolute atomic E-state index is 0.110. The number of aromatic nitrogens is 1. The fourth-order valence-corrected chi connectivity index (χ4v) is 2.69. The van der Waals surface area contributed by atoms with Gasteiger partial charge in [-0.2, -0.15) is 0 Å². The number of ether oxygens (including phenoxy) is 2. The van der Waals surface area contributed by atoms with Crippen molar-refractivity contribution in [1.29, 1.82) is 0 Å². The van der Waals surface area contributed by atoms with E-state index in [0.717, 1.165) is 11.3 Å². The Labute approximate surface area is 130 Å². The maximum atomic E-state index is 11.5. The Hall–Kier alpha value is -1.30. The lowest BCUT2D eigenvalue weighted by Crippen LogP contribution is -2.60. The molecule has 0 aliphatic carbocycles. The van der Waals surface area contributed by atoms with Crippen LogP contribution in [0.1, 0.15) is 17.4 Å². The molecule has 9 nitrogen and oxygen atoms in total. The molecular weight excluding hydrogens is 316 g/mol. The number of hydrogen-bond donors (Lipinski definition) is 5. The van der Waals surface area contributed by atoms with Gasteiger partial charge in [0.1, 0.15) is 24.4 Å². The molecule has 1 aromatic rings. The van der Waals surface area contributed by atoms with E-state index in [-0.39, 0.29) is 17.4 Å². The lowest BCUT2D eigenvalue weighted by Gasteiger charge is -2.40. The highest BCUT2D eigenvalue weighted by Crippen LogP contribution is 2.24. The molecule has 0 amide bonds. The normalized spacial score (nSPS) is 31.8. The van der Waals surface area contributed by atoms with Crippen LogP contribution in [-0.4, -0.2) is 75.2 Å². The lowest BCUT2D eigenvalue weighted by molar-refractivity contribution is -0.221. The topological polar surface area (TPSA) is 141 Å². The van der Waals surface area contributed by atoms with E-state index < -0.39 is 43.2 Å². The molecule has 10 heteroatoms. The predicted molar refractivity (Wildman–Crippen MR) is 75.5 cm³/mol. The van der Waals surface area contributed by atoms with E-state index >= 15 is 0 Å². The van der Waals surface area contributed by atoms with Gasteiger partial charge in [0.15, 0.2) is 17.1 Å². The molecule has 1 aliphatic rings. The van der Waals surface area contributed by atoms with Crippen molar-refractivity contribution in [2.24, 2.45) is 0 Å². The van der Waals surface area contributed by atoms with Crippen LogP contribution in [-0.2, 0) is 9.47 Å². The molecule has 0 aromatic carbocycles. The van der Waals surface area contributed by atoms with E-state index in [1.54, 1.807) is 6.92 Å². The zero-order valence-corrected chi connectivity index (χ0v) is 12.6. The smallest absolute Gasteiger partial charge is 0.357 e. The van der Waals surface area contributed by atoms with Gasteiger partial charge in [-0.15, -0.1) is 11.3 Å². The molecule has 0 saturated carbocycles. The van der Waals surface area contributed by atoms with Gasteiger partial charge in [-0.05, 0) is 6.92 Å². The van der Waals surface area contributed by atoms with Crippen molar-refractivity contribution in [1.82, 2.24) is 4.98 Å².